The van der Waals surface area contributed by atoms with Gasteiger partial charge in [-0.05, 0) is 68.4 Å². The van der Waals surface area contributed by atoms with Gasteiger partial charge in [0.2, 0.25) is 0 Å². The summed E-state index contributed by atoms with van der Waals surface area (Å²) in [5.74, 6) is 1.94. The number of fused-ring (bicyclic) bond motifs is 3. The van der Waals surface area contributed by atoms with Crippen LogP contribution in [0.2, 0.25) is 0 Å². The quantitative estimate of drug-likeness (QED) is 0.154. The Morgan fingerprint density at radius 3 is 1.30 bits per heavy atom. The van der Waals surface area contributed by atoms with Gasteiger partial charge in [-0.3, -0.25) is 0 Å². The number of hydrogen-bond donors (Lipinski definition) is 0. The molecular formula is C52H34N4. The minimum Gasteiger partial charge on any atom is -0.248 e. The minimum absolute atomic E-state index is 0.639. The minimum atomic E-state index is 0.639. The average Bonchev–Trinajstić information content (AvgIpc) is 3.29. The smallest absolute Gasteiger partial charge is 0.164 e. The average molecular weight is 715 g/mol. The third-order valence-corrected chi connectivity index (χ3v) is 10.3. The van der Waals surface area contributed by atoms with Crippen molar-refractivity contribution in [1.29, 1.82) is 0 Å². The van der Waals surface area contributed by atoms with Gasteiger partial charge >= 0.3 is 0 Å². The fourth-order valence-corrected chi connectivity index (χ4v) is 7.47. The van der Waals surface area contributed by atoms with E-state index in [4.69, 9.17) is 19.9 Å². The summed E-state index contributed by atoms with van der Waals surface area (Å²) < 4.78 is 0. The maximum Gasteiger partial charge on any atom is 0.164 e. The van der Waals surface area contributed by atoms with E-state index in [9.17, 15) is 0 Å². The second-order valence-corrected chi connectivity index (χ2v) is 13.9. The second kappa shape index (κ2) is 14.3. The zero-order valence-corrected chi connectivity index (χ0v) is 30.4. The largest absolute Gasteiger partial charge is 0.248 e. The molecule has 262 valence electrons. The van der Waals surface area contributed by atoms with Gasteiger partial charge < -0.3 is 0 Å². The van der Waals surface area contributed by atoms with Crippen molar-refractivity contribution in [2.45, 2.75) is 0 Å². The molecule has 10 aromatic rings. The maximum atomic E-state index is 5.19. The van der Waals surface area contributed by atoms with Crippen molar-refractivity contribution in [2.75, 3.05) is 0 Å². The highest BCUT2D eigenvalue weighted by atomic mass is 15.0. The normalized spacial score (nSPS) is 11.2. The molecule has 0 amide bonds. The van der Waals surface area contributed by atoms with E-state index < -0.39 is 0 Å². The summed E-state index contributed by atoms with van der Waals surface area (Å²) in [6.07, 6.45) is 0. The van der Waals surface area contributed by atoms with Gasteiger partial charge in [0.25, 0.3) is 0 Å². The molecule has 2 heterocycles. The Labute approximate surface area is 325 Å². The molecule has 0 bridgehead atoms. The van der Waals surface area contributed by atoms with Crippen LogP contribution in [0.25, 0.3) is 100 Å². The Kier molecular flexibility index (Phi) is 8.47. The van der Waals surface area contributed by atoms with Gasteiger partial charge in [-0.25, -0.2) is 19.9 Å². The zero-order chi connectivity index (χ0) is 37.3. The molecule has 0 fully saturated rings. The van der Waals surface area contributed by atoms with Gasteiger partial charge in [-0.1, -0.05) is 182 Å². The Hall–Kier alpha value is -7.56. The van der Waals surface area contributed by atoms with Crippen LogP contribution in [-0.4, -0.2) is 19.9 Å². The number of pyridine rings is 1. The molecular weight excluding hydrogens is 681 g/mol. The van der Waals surface area contributed by atoms with Gasteiger partial charge in [0.05, 0.1) is 11.2 Å². The summed E-state index contributed by atoms with van der Waals surface area (Å²) in [4.78, 5) is 20.0. The summed E-state index contributed by atoms with van der Waals surface area (Å²) in [5.41, 5.74) is 12.8. The Morgan fingerprint density at radius 2 is 0.714 bits per heavy atom. The highest BCUT2D eigenvalue weighted by Gasteiger charge is 2.15. The van der Waals surface area contributed by atoms with Gasteiger partial charge in [0.1, 0.15) is 0 Å². The predicted octanol–water partition coefficient (Wildman–Crippen LogP) is 13.2. The van der Waals surface area contributed by atoms with Gasteiger partial charge in [0.15, 0.2) is 17.5 Å². The van der Waals surface area contributed by atoms with Crippen LogP contribution in [-0.2, 0) is 0 Å². The molecule has 10 rings (SSSR count). The number of hydrogen-bond acceptors (Lipinski definition) is 4. The lowest BCUT2D eigenvalue weighted by Crippen LogP contribution is -2.00. The molecule has 0 N–H and O–H groups in total. The van der Waals surface area contributed by atoms with E-state index in [0.29, 0.717) is 17.5 Å². The Morgan fingerprint density at radius 1 is 0.268 bits per heavy atom. The first-order chi connectivity index (χ1) is 27.7. The molecule has 0 aliphatic rings. The fraction of sp³-hybridized carbons (Fsp3) is 0. The maximum absolute atomic E-state index is 5.19. The first-order valence-electron chi connectivity index (χ1n) is 18.8. The molecule has 0 atom stereocenters. The molecule has 0 spiro atoms. The van der Waals surface area contributed by atoms with Crippen LogP contribution in [0.5, 0.6) is 0 Å². The predicted molar refractivity (Wildman–Crippen MR) is 231 cm³/mol. The molecule has 0 saturated carbocycles. The van der Waals surface area contributed by atoms with E-state index in [-0.39, 0.29) is 0 Å². The van der Waals surface area contributed by atoms with Gasteiger partial charge in [0, 0.05) is 27.6 Å². The SMILES string of the molecule is c1ccc(-c2cc(-c3ccccc3)c3c(ccc4ccc(-c5ccc(-c6cccc(-c7nc(-c8ccccc8)nc(-c8ccccc8)n7)c6)cc5)cc43)n2)cc1. The fourth-order valence-electron chi connectivity index (χ4n) is 7.47. The molecule has 0 aliphatic carbocycles. The van der Waals surface area contributed by atoms with Crippen molar-refractivity contribution in [3.63, 3.8) is 0 Å². The monoisotopic (exact) mass is 714 g/mol. The highest BCUT2D eigenvalue weighted by molar-refractivity contribution is 6.14. The van der Waals surface area contributed by atoms with Gasteiger partial charge in [-0.15, -0.1) is 0 Å². The summed E-state index contributed by atoms with van der Waals surface area (Å²) in [5, 5.41) is 3.53. The number of nitrogens with zero attached hydrogens (tertiary/aromatic N) is 4. The van der Waals surface area contributed by atoms with Crippen LogP contribution in [0, 0.1) is 0 Å². The lowest BCUT2D eigenvalue weighted by atomic mass is 9.92. The first kappa shape index (κ1) is 33.0. The number of benzene rings is 8. The first-order valence-corrected chi connectivity index (χ1v) is 18.8. The van der Waals surface area contributed by atoms with Gasteiger partial charge in [-0.2, -0.15) is 0 Å². The van der Waals surface area contributed by atoms with E-state index in [0.717, 1.165) is 61.1 Å². The zero-order valence-electron chi connectivity index (χ0n) is 30.4. The van der Waals surface area contributed by atoms with E-state index in [1.165, 1.54) is 21.9 Å². The van der Waals surface area contributed by atoms with Crippen LogP contribution in [0.15, 0.2) is 206 Å². The molecule has 0 unspecified atom stereocenters. The van der Waals surface area contributed by atoms with Crippen molar-refractivity contribution in [2.24, 2.45) is 0 Å². The van der Waals surface area contributed by atoms with Crippen molar-refractivity contribution in [3.8, 4) is 78.8 Å². The molecule has 4 heteroatoms. The summed E-state index contributed by atoms with van der Waals surface area (Å²) in [6, 6.07) is 71.8. The molecule has 56 heavy (non-hydrogen) atoms. The summed E-state index contributed by atoms with van der Waals surface area (Å²) in [7, 11) is 0. The van der Waals surface area contributed by atoms with Crippen molar-refractivity contribution in [3.05, 3.63) is 206 Å². The molecule has 8 aromatic carbocycles. The van der Waals surface area contributed by atoms with E-state index in [1.807, 2.05) is 66.7 Å². The molecule has 4 nitrogen and oxygen atoms in total. The number of rotatable bonds is 7. The lowest BCUT2D eigenvalue weighted by Gasteiger charge is -2.14. The van der Waals surface area contributed by atoms with Crippen molar-refractivity contribution < 1.29 is 0 Å². The molecule has 0 aliphatic heterocycles. The van der Waals surface area contributed by atoms with E-state index in [2.05, 4.69) is 140 Å². The van der Waals surface area contributed by atoms with Crippen molar-refractivity contribution in [1.82, 2.24) is 19.9 Å². The van der Waals surface area contributed by atoms with Crippen LogP contribution in [0.3, 0.4) is 0 Å². The second-order valence-electron chi connectivity index (χ2n) is 13.9. The molecule has 0 radical (unpaired) electrons. The lowest BCUT2D eigenvalue weighted by molar-refractivity contribution is 1.07. The van der Waals surface area contributed by atoms with Crippen LogP contribution in [0.1, 0.15) is 0 Å². The standard InChI is InChI=1S/C52H34N4/c1-5-14-37(15-6-1)46-34-48(39-16-7-2-8-17-39)53-47-31-30-38-28-29-43(33-45(38)49(46)47)36-26-24-35(25-27-36)42-22-13-23-44(32-42)52-55-50(40-18-9-3-10-19-40)54-51(56-52)41-20-11-4-12-21-41/h1-34H. The summed E-state index contributed by atoms with van der Waals surface area (Å²) in [6.45, 7) is 0. The van der Waals surface area contributed by atoms with Crippen molar-refractivity contribution >= 4 is 21.7 Å². The third-order valence-electron chi connectivity index (χ3n) is 10.3. The molecule has 0 saturated heterocycles. The topological polar surface area (TPSA) is 51.6 Å². The number of aromatic nitrogens is 4. The van der Waals surface area contributed by atoms with Crippen LogP contribution < -0.4 is 0 Å². The molecule has 2 aromatic heterocycles. The summed E-state index contributed by atoms with van der Waals surface area (Å²) >= 11 is 0. The highest BCUT2D eigenvalue weighted by Crippen LogP contribution is 2.38. The Balaban J connectivity index is 1.03. The van der Waals surface area contributed by atoms with E-state index in [1.54, 1.807) is 0 Å². The third kappa shape index (κ3) is 6.40. The van der Waals surface area contributed by atoms with Crippen LogP contribution >= 0.6 is 0 Å². The Bertz CT molecular complexity index is 2930. The van der Waals surface area contributed by atoms with E-state index >= 15 is 0 Å². The van der Waals surface area contributed by atoms with Crippen LogP contribution in [0.4, 0.5) is 0 Å².